The zero-order valence-electron chi connectivity index (χ0n) is 13.9. The highest BCUT2D eigenvalue weighted by Crippen LogP contribution is 2.49. The average Bonchev–Trinajstić information content (AvgIpc) is 2.53. The first kappa shape index (κ1) is 15.7. The van der Waals surface area contributed by atoms with Gasteiger partial charge < -0.3 is 14.9 Å². The van der Waals surface area contributed by atoms with Crippen LogP contribution in [0.2, 0.25) is 0 Å². The van der Waals surface area contributed by atoms with E-state index in [2.05, 4.69) is 13.8 Å². The molecule has 0 bridgehead atoms. The Morgan fingerprint density at radius 1 is 1.09 bits per heavy atom. The van der Waals surface area contributed by atoms with Gasteiger partial charge in [-0.1, -0.05) is 26.3 Å². The Kier molecular flexibility index (Phi) is 4.20. The molecule has 122 valence electrons. The molecule has 23 heavy (non-hydrogen) atoms. The van der Waals surface area contributed by atoms with Crippen LogP contribution in [0.15, 0.2) is 36.4 Å². The molecule has 1 heterocycles. The molecule has 3 unspecified atom stereocenters. The smallest absolute Gasteiger partial charge is 0.127 e. The molecule has 2 aromatic carbocycles. The third-order valence-electron chi connectivity index (χ3n) is 4.91. The van der Waals surface area contributed by atoms with Crippen LogP contribution in [-0.2, 0) is 0 Å². The molecule has 0 fully saturated rings. The van der Waals surface area contributed by atoms with E-state index in [0.717, 1.165) is 35.3 Å². The molecule has 2 N–H and O–H groups in total. The summed E-state index contributed by atoms with van der Waals surface area (Å²) in [6, 6.07) is 11.1. The third kappa shape index (κ3) is 2.88. The lowest BCUT2D eigenvalue weighted by atomic mass is 9.76. The van der Waals surface area contributed by atoms with E-state index in [-0.39, 0.29) is 6.10 Å². The maximum Gasteiger partial charge on any atom is 0.127 e. The topological polar surface area (TPSA) is 49.7 Å². The summed E-state index contributed by atoms with van der Waals surface area (Å²) in [4.78, 5) is 0. The summed E-state index contributed by atoms with van der Waals surface area (Å²) in [5.74, 6) is 2.12. The molecule has 3 heteroatoms. The van der Waals surface area contributed by atoms with Crippen LogP contribution in [-0.4, -0.2) is 10.2 Å². The first-order valence-corrected chi connectivity index (χ1v) is 8.30. The molecule has 0 aliphatic carbocycles. The highest BCUT2D eigenvalue weighted by molar-refractivity contribution is 5.45. The van der Waals surface area contributed by atoms with Crippen LogP contribution in [0.3, 0.4) is 0 Å². The SMILES string of the molecule is CCCC1c2cc(O)ccc2OC(c2ccc(O)c(C)c2)C1C. The number of hydrogen-bond donors (Lipinski definition) is 2. The highest BCUT2D eigenvalue weighted by Gasteiger charge is 2.36. The molecular weight excluding hydrogens is 288 g/mol. The lowest BCUT2D eigenvalue weighted by molar-refractivity contribution is 0.0985. The Bertz CT molecular complexity index is 708. The summed E-state index contributed by atoms with van der Waals surface area (Å²) in [7, 11) is 0. The van der Waals surface area contributed by atoms with Crippen molar-refractivity contribution in [3.8, 4) is 17.2 Å². The normalized spacial score (nSPS) is 23.2. The second kappa shape index (κ2) is 6.15. The van der Waals surface area contributed by atoms with E-state index in [4.69, 9.17) is 4.74 Å². The van der Waals surface area contributed by atoms with Gasteiger partial charge in [0.05, 0.1) is 0 Å². The van der Waals surface area contributed by atoms with Crippen molar-refractivity contribution in [1.29, 1.82) is 0 Å². The van der Waals surface area contributed by atoms with Crippen molar-refractivity contribution in [2.24, 2.45) is 5.92 Å². The zero-order chi connectivity index (χ0) is 16.6. The van der Waals surface area contributed by atoms with Crippen molar-refractivity contribution in [2.75, 3.05) is 0 Å². The quantitative estimate of drug-likeness (QED) is 0.833. The number of phenolic OH excluding ortho intramolecular Hbond substituents is 2. The predicted molar refractivity (Wildman–Crippen MR) is 91.1 cm³/mol. The number of ether oxygens (including phenoxy) is 1. The second-order valence-corrected chi connectivity index (χ2v) is 6.56. The second-order valence-electron chi connectivity index (χ2n) is 6.56. The summed E-state index contributed by atoms with van der Waals surface area (Å²) < 4.78 is 6.26. The summed E-state index contributed by atoms with van der Waals surface area (Å²) >= 11 is 0. The van der Waals surface area contributed by atoms with E-state index in [9.17, 15) is 10.2 Å². The van der Waals surface area contributed by atoms with E-state index >= 15 is 0 Å². The van der Waals surface area contributed by atoms with Crippen LogP contribution in [0.25, 0.3) is 0 Å². The Hall–Kier alpha value is -2.16. The van der Waals surface area contributed by atoms with Gasteiger partial charge in [0.15, 0.2) is 0 Å². The summed E-state index contributed by atoms with van der Waals surface area (Å²) in [6.45, 7) is 6.30. The minimum atomic E-state index is -0.0390. The molecule has 3 atom stereocenters. The van der Waals surface area contributed by atoms with Gasteiger partial charge in [0.25, 0.3) is 0 Å². The van der Waals surface area contributed by atoms with Gasteiger partial charge in [-0.3, -0.25) is 0 Å². The lowest BCUT2D eigenvalue weighted by Crippen LogP contribution is -2.28. The van der Waals surface area contributed by atoms with Crippen molar-refractivity contribution >= 4 is 0 Å². The lowest BCUT2D eigenvalue weighted by Gasteiger charge is -2.38. The third-order valence-corrected chi connectivity index (χ3v) is 4.91. The molecule has 0 spiro atoms. The first-order valence-electron chi connectivity index (χ1n) is 8.30. The van der Waals surface area contributed by atoms with Gasteiger partial charge in [0.2, 0.25) is 0 Å². The Labute approximate surface area is 137 Å². The molecule has 1 aliphatic heterocycles. The van der Waals surface area contributed by atoms with E-state index < -0.39 is 0 Å². The van der Waals surface area contributed by atoms with Gasteiger partial charge in [-0.25, -0.2) is 0 Å². The monoisotopic (exact) mass is 312 g/mol. The van der Waals surface area contributed by atoms with Crippen molar-refractivity contribution in [1.82, 2.24) is 0 Å². The molecule has 0 saturated heterocycles. The molecule has 0 amide bonds. The van der Waals surface area contributed by atoms with Crippen LogP contribution in [0.1, 0.15) is 55.4 Å². The van der Waals surface area contributed by atoms with Gasteiger partial charge in [-0.05, 0) is 60.7 Å². The minimum Gasteiger partial charge on any atom is -0.508 e. The molecule has 0 radical (unpaired) electrons. The maximum atomic E-state index is 9.83. The fourth-order valence-electron chi connectivity index (χ4n) is 3.63. The van der Waals surface area contributed by atoms with Crippen LogP contribution in [0.4, 0.5) is 0 Å². The molecule has 3 nitrogen and oxygen atoms in total. The van der Waals surface area contributed by atoms with E-state index in [0.29, 0.717) is 23.3 Å². The Balaban J connectivity index is 2.03. The number of benzene rings is 2. The van der Waals surface area contributed by atoms with Crippen LogP contribution in [0, 0.1) is 12.8 Å². The molecule has 0 saturated carbocycles. The molecule has 3 rings (SSSR count). The van der Waals surface area contributed by atoms with Crippen LogP contribution in [0.5, 0.6) is 17.2 Å². The van der Waals surface area contributed by atoms with Crippen molar-refractivity contribution in [3.05, 3.63) is 53.1 Å². The average molecular weight is 312 g/mol. The molecule has 2 aromatic rings. The fraction of sp³-hybridized carbons (Fsp3) is 0.400. The first-order chi connectivity index (χ1) is 11.0. The van der Waals surface area contributed by atoms with Crippen LogP contribution >= 0.6 is 0 Å². The largest absolute Gasteiger partial charge is 0.508 e. The predicted octanol–water partition coefficient (Wildman–Crippen LogP) is 5.06. The van der Waals surface area contributed by atoms with Gasteiger partial charge >= 0.3 is 0 Å². The minimum absolute atomic E-state index is 0.0390. The fourth-order valence-corrected chi connectivity index (χ4v) is 3.63. The number of aryl methyl sites for hydroxylation is 1. The molecule has 1 aliphatic rings. The van der Waals surface area contributed by atoms with Crippen molar-refractivity contribution < 1.29 is 14.9 Å². The number of phenols is 2. The Morgan fingerprint density at radius 3 is 2.57 bits per heavy atom. The number of rotatable bonds is 3. The summed E-state index contributed by atoms with van der Waals surface area (Å²) in [6.07, 6.45) is 2.11. The van der Waals surface area contributed by atoms with Crippen molar-refractivity contribution in [3.63, 3.8) is 0 Å². The van der Waals surface area contributed by atoms with E-state index in [1.165, 1.54) is 0 Å². The van der Waals surface area contributed by atoms with Crippen molar-refractivity contribution in [2.45, 2.75) is 45.6 Å². The summed E-state index contributed by atoms with van der Waals surface area (Å²) in [5, 5.41) is 19.6. The maximum absolute atomic E-state index is 9.83. The van der Waals surface area contributed by atoms with Gasteiger partial charge in [0.1, 0.15) is 23.4 Å². The molecular formula is C20H24O3. The zero-order valence-corrected chi connectivity index (χ0v) is 13.9. The van der Waals surface area contributed by atoms with Gasteiger partial charge in [0, 0.05) is 11.5 Å². The van der Waals surface area contributed by atoms with Crippen LogP contribution < -0.4 is 4.74 Å². The standard InChI is InChI=1S/C20H24O3/c1-4-5-16-13(3)20(14-6-8-18(22)12(2)10-14)23-19-9-7-15(21)11-17(16)19/h6-11,13,16,20-22H,4-5H2,1-3H3. The number of aromatic hydroxyl groups is 2. The van der Waals surface area contributed by atoms with E-state index in [1.807, 2.05) is 31.2 Å². The highest BCUT2D eigenvalue weighted by atomic mass is 16.5. The Morgan fingerprint density at radius 2 is 1.87 bits per heavy atom. The number of fused-ring (bicyclic) bond motifs is 1. The molecule has 0 aromatic heterocycles. The summed E-state index contributed by atoms with van der Waals surface area (Å²) in [5.41, 5.74) is 3.06. The van der Waals surface area contributed by atoms with Gasteiger partial charge in [-0.2, -0.15) is 0 Å². The van der Waals surface area contributed by atoms with Gasteiger partial charge in [-0.15, -0.1) is 0 Å². The van der Waals surface area contributed by atoms with E-state index in [1.54, 1.807) is 12.1 Å². The number of hydrogen-bond acceptors (Lipinski definition) is 3.